The first-order valence-electron chi connectivity index (χ1n) is 5.64. The summed E-state index contributed by atoms with van der Waals surface area (Å²) in [6.45, 7) is 0.732. The molecule has 0 saturated heterocycles. The fourth-order valence-corrected chi connectivity index (χ4v) is 2.11. The first-order chi connectivity index (χ1) is 9.86. The second-order valence-corrected chi connectivity index (χ2v) is 4.68. The second-order valence-electron chi connectivity index (χ2n) is 3.68. The van der Waals surface area contributed by atoms with Crippen molar-refractivity contribution in [2.45, 2.75) is 13.1 Å². The first-order valence-corrected chi connectivity index (χ1v) is 7.27. The zero-order chi connectivity index (χ0) is 14.2. The third kappa shape index (κ3) is 3.60. The molecule has 2 rings (SSSR count). The van der Waals surface area contributed by atoms with E-state index in [1.807, 2.05) is 9.13 Å². The van der Waals surface area contributed by atoms with Gasteiger partial charge in [-0.3, -0.25) is 0 Å². The summed E-state index contributed by atoms with van der Waals surface area (Å²) in [7, 11) is -0.284. The molecule has 98 valence electrons. The second kappa shape index (κ2) is 7.69. The molecule has 0 unspecified atom stereocenters. The molecule has 0 aliphatic rings. The van der Waals surface area contributed by atoms with Crippen molar-refractivity contribution in [3.63, 3.8) is 0 Å². The summed E-state index contributed by atoms with van der Waals surface area (Å²) in [5.74, 6) is 0. The number of hydrogen-bond donors (Lipinski definition) is 0. The topological polar surface area (TPSA) is 67.7 Å². The van der Waals surface area contributed by atoms with Gasteiger partial charge in [-0.15, -0.1) is 0 Å². The summed E-state index contributed by atoms with van der Waals surface area (Å²) in [4.78, 5) is 8.19. The first kappa shape index (κ1) is 14.6. The molecule has 8 heteroatoms. The molecule has 0 spiro atoms. The van der Waals surface area contributed by atoms with E-state index in [9.17, 15) is 9.13 Å². The Bertz CT molecular complexity index is 759. The van der Waals surface area contributed by atoms with Gasteiger partial charge in [0, 0.05) is 0 Å². The van der Waals surface area contributed by atoms with Gasteiger partial charge in [0.05, 0.1) is 0 Å². The van der Waals surface area contributed by atoms with Crippen LogP contribution in [0.15, 0.2) is 37.2 Å². The van der Waals surface area contributed by atoms with Gasteiger partial charge < -0.3 is 0 Å². The molecule has 0 atom stereocenters. The van der Waals surface area contributed by atoms with Crippen LogP contribution in [-0.2, 0) is 22.2 Å². The van der Waals surface area contributed by atoms with Crippen molar-refractivity contribution >= 4 is 15.8 Å². The molecule has 0 fully saturated rings. The zero-order valence-electron chi connectivity index (χ0n) is 10.4. The fraction of sp³-hybridized carbons (Fsp3) is 0.167. The van der Waals surface area contributed by atoms with E-state index in [0.717, 1.165) is 11.4 Å². The van der Waals surface area contributed by atoms with E-state index in [1.54, 1.807) is 37.2 Å². The van der Waals surface area contributed by atoms with Crippen LogP contribution in [0.3, 0.4) is 0 Å². The van der Waals surface area contributed by atoms with E-state index in [2.05, 4.69) is 21.2 Å². The summed E-state index contributed by atoms with van der Waals surface area (Å²) in [6.07, 6.45) is 10.2. The minimum atomic E-state index is -0.142. The molecule has 2 heterocycles. The zero-order valence-corrected chi connectivity index (χ0v) is 12.2. The normalized spacial score (nSPS) is 9.40. The molecule has 2 aromatic heterocycles. The Balaban J connectivity index is 2.54. The average molecular weight is 304 g/mol. The van der Waals surface area contributed by atoms with Crippen molar-refractivity contribution in [1.29, 1.82) is 0 Å². The van der Waals surface area contributed by atoms with Gasteiger partial charge in [0.15, 0.2) is 0 Å². The van der Waals surface area contributed by atoms with Gasteiger partial charge in [0.1, 0.15) is 0 Å². The van der Waals surface area contributed by atoms with Crippen molar-refractivity contribution in [2.24, 2.45) is 0 Å². The number of rotatable bonds is 3. The van der Waals surface area contributed by atoms with Crippen LogP contribution >= 0.6 is 15.8 Å². The summed E-state index contributed by atoms with van der Waals surface area (Å²) in [6, 6.07) is 0. The quantitative estimate of drug-likeness (QED) is 0.631. The maximum absolute atomic E-state index is 10.5. The van der Waals surface area contributed by atoms with Crippen LogP contribution in [0, 0.1) is 11.3 Å². The Kier molecular flexibility index (Phi) is 5.61. The molecule has 0 radical (unpaired) electrons. The van der Waals surface area contributed by atoms with Gasteiger partial charge in [-0.1, -0.05) is 0 Å². The molecule has 0 bridgehead atoms. The maximum atomic E-state index is 10.5. The summed E-state index contributed by atoms with van der Waals surface area (Å²) in [5, 5.41) is 0. The molecule has 6 nitrogen and oxygen atoms in total. The third-order valence-corrected chi connectivity index (χ3v) is 3.09. The predicted octanol–water partition coefficient (Wildman–Crippen LogP) is 1.22. The Morgan fingerprint density at radius 1 is 0.900 bits per heavy atom. The van der Waals surface area contributed by atoms with Crippen LogP contribution in [0.25, 0.3) is 11.4 Å². The molecule has 0 aliphatic carbocycles. The SMILES string of the molecule is O=P#CC[n+]1ccncc1-c1cncc[n+]1CC#P=O. The van der Waals surface area contributed by atoms with Crippen LogP contribution in [-0.4, -0.2) is 9.97 Å². The van der Waals surface area contributed by atoms with Gasteiger partial charge in [-0.05, 0) is 0 Å². The Morgan fingerprint density at radius 3 is 1.75 bits per heavy atom. The fourth-order valence-electron chi connectivity index (χ4n) is 1.69. The van der Waals surface area contributed by atoms with Gasteiger partial charge in [-0.2, -0.15) is 0 Å². The van der Waals surface area contributed by atoms with E-state index in [4.69, 9.17) is 0 Å². The van der Waals surface area contributed by atoms with Crippen LogP contribution in [0.2, 0.25) is 0 Å². The average Bonchev–Trinajstić information content (AvgIpc) is 2.51. The van der Waals surface area contributed by atoms with E-state index in [-0.39, 0.29) is 15.8 Å². The van der Waals surface area contributed by atoms with Crippen molar-refractivity contribution in [1.82, 2.24) is 9.97 Å². The molecular weight excluding hydrogens is 294 g/mol. The number of aromatic nitrogens is 4. The molecular formula is C12H10N4O2P2+2. The summed E-state index contributed by atoms with van der Waals surface area (Å²) < 4.78 is 24.8. The molecule has 0 saturated carbocycles. The standard InChI is InChI=1S/C12H10N4O2P2/c17-19-7-5-15-3-1-13-9-11(15)12-10-14-2-4-16(12)6-8-20-18/h1-4,9-10H,5-6H2/q+2. The van der Waals surface area contributed by atoms with Crippen LogP contribution in [0.5, 0.6) is 0 Å². The number of nitrogens with zero attached hydrogens (tertiary/aromatic N) is 4. The van der Waals surface area contributed by atoms with Crippen molar-refractivity contribution in [3.05, 3.63) is 37.2 Å². The van der Waals surface area contributed by atoms with E-state index in [0.29, 0.717) is 13.1 Å². The third-order valence-electron chi connectivity index (χ3n) is 2.55. The molecule has 0 aromatic carbocycles. The van der Waals surface area contributed by atoms with Crippen LogP contribution < -0.4 is 9.13 Å². The van der Waals surface area contributed by atoms with Crippen molar-refractivity contribution in [2.75, 3.05) is 0 Å². The molecule has 2 aromatic rings. The molecule has 0 N–H and O–H groups in total. The molecule has 0 aliphatic heterocycles. The van der Waals surface area contributed by atoms with Crippen molar-refractivity contribution in [3.8, 4) is 22.6 Å². The summed E-state index contributed by atoms with van der Waals surface area (Å²) in [5.41, 5.74) is 6.97. The van der Waals surface area contributed by atoms with Crippen LogP contribution in [0.4, 0.5) is 0 Å². The monoisotopic (exact) mass is 304 g/mol. The van der Waals surface area contributed by atoms with E-state index in [1.165, 1.54) is 0 Å². The number of hydrogen-bond acceptors (Lipinski definition) is 4. The van der Waals surface area contributed by atoms with Crippen LogP contribution in [0.1, 0.15) is 0 Å². The predicted molar refractivity (Wildman–Crippen MR) is 70.8 cm³/mol. The Labute approximate surface area is 117 Å². The van der Waals surface area contributed by atoms with Gasteiger partial charge >= 0.3 is 117 Å². The Hall–Kier alpha value is -1.82. The molecule has 20 heavy (non-hydrogen) atoms. The minimum absolute atomic E-state index is 0.142. The molecule has 0 amide bonds. The van der Waals surface area contributed by atoms with Crippen molar-refractivity contribution < 1.29 is 18.3 Å². The van der Waals surface area contributed by atoms with E-state index >= 15 is 0 Å². The van der Waals surface area contributed by atoms with Gasteiger partial charge in [0.2, 0.25) is 0 Å². The Morgan fingerprint density at radius 2 is 1.35 bits per heavy atom. The van der Waals surface area contributed by atoms with E-state index < -0.39 is 0 Å². The van der Waals surface area contributed by atoms with Gasteiger partial charge in [-0.25, -0.2) is 0 Å². The van der Waals surface area contributed by atoms with Gasteiger partial charge in [0.25, 0.3) is 0 Å². The summed E-state index contributed by atoms with van der Waals surface area (Å²) >= 11 is 0.